The van der Waals surface area contributed by atoms with Gasteiger partial charge in [-0.1, -0.05) is 19.3 Å². The van der Waals surface area contributed by atoms with Gasteiger partial charge in [0, 0.05) is 6.42 Å². The Morgan fingerprint density at radius 3 is 2.11 bits per heavy atom. The summed E-state index contributed by atoms with van der Waals surface area (Å²) in [6.45, 7) is 0. The minimum absolute atomic E-state index is 0.218. The largest absolute Gasteiger partial charge is 0.704 e. The van der Waals surface area contributed by atoms with E-state index in [0.29, 0.717) is 22.9 Å². The molecule has 0 aromatic carbocycles. The Morgan fingerprint density at radius 1 is 0.944 bits per heavy atom. The van der Waals surface area contributed by atoms with Crippen molar-refractivity contribution in [2.75, 3.05) is 0 Å². The number of hydrogen-bond acceptors (Lipinski definition) is 2. The van der Waals surface area contributed by atoms with Crippen LogP contribution in [0.3, 0.4) is 0 Å². The van der Waals surface area contributed by atoms with E-state index < -0.39 is 0 Å². The first-order chi connectivity index (χ1) is 8.61. The first-order valence-corrected chi connectivity index (χ1v) is 7.69. The Kier molecular flexibility index (Phi) is 5.10. The molecule has 0 amide bonds. The van der Waals surface area contributed by atoms with Gasteiger partial charge in [-0.05, 0) is 25.7 Å². The van der Waals surface area contributed by atoms with Gasteiger partial charge in [0.05, 0.1) is 16.3 Å². The number of hydrazine groups is 1. The molecule has 2 aliphatic carbocycles. The number of nitrogens with zero attached hydrogens (tertiary/aromatic N) is 2. The fraction of sp³-hybridized carbons (Fsp3) is 1.00. The average Bonchev–Trinajstić information content (AvgIpc) is 2.38. The Morgan fingerprint density at radius 2 is 1.50 bits per heavy atom. The molecule has 2 aliphatic rings. The molecule has 104 valence electrons. The van der Waals surface area contributed by atoms with E-state index in [9.17, 15) is 10.1 Å². The summed E-state index contributed by atoms with van der Waals surface area (Å²) in [4.78, 5) is 12.7. The number of hydroxylamine groups is 1. The minimum atomic E-state index is -0.385. The van der Waals surface area contributed by atoms with Gasteiger partial charge in [-0.25, -0.2) is 0 Å². The number of alkyl halides is 2. The predicted molar refractivity (Wildman–Crippen MR) is 72.6 cm³/mol. The third-order valence-electron chi connectivity index (χ3n) is 4.06. The summed E-state index contributed by atoms with van der Waals surface area (Å²) in [7, 11) is 0. The van der Waals surface area contributed by atoms with Crippen molar-refractivity contribution in [1.29, 1.82) is 0 Å². The maximum absolute atomic E-state index is 12.1. The standard InChI is InChI=1S/C12H20Cl2N2O2/c13-9-5-1-3-7-11(9)15(17)16(18)12-8-4-2-6-10(12)14/h9-12H,1-8H2. The second-order valence-electron chi connectivity index (χ2n) is 5.34. The molecule has 4 nitrogen and oxygen atoms in total. The Hall–Kier alpha value is -0.0600. The van der Waals surface area contributed by atoms with Crippen LogP contribution in [0.2, 0.25) is 0 Å². The van der Waals surface area contributed by atoms with Crippen LogP contribution in [-0.4, -0.2) is 32.9 Å². The van der Waals surface area contributed by atoms with Gasteiger partial charge in [0.15, 0.2) is 0 Å². The Labute approximate surface area is 118 Å². The maximum Gasteiger partial charge on any atom is 0.249 e. The van der Waals surface area contributed by atoms with E-state index in [1.54, 1.807) is 0 Å². The first-order valence-electron chi connectivity index (χ1n) is 6.82. The Balaban J connectivity index is 1.98. The van der Waals surface area contributed by atoms with Crippen molar-refractivity contribution >= 4 is 23.2 Å². The summed E-state index contributed by atoms with van der Waals surface area (Å²) in [5, 5.41) is 12.3. The minimum Gasteiger partial charge on any atom is -0.704 e. The lowest BCUT2D eigenvalue weighted by atomic mass is 9.94. The Bertz CT molecular complexity index is 304. The average molecular weight is 295 g/mol. The molecule has 2 fully saturated rings. The zero-order valence-electron chi connectivity index (χ0n) is 10.4. The molecule has 0 radical (unpaired) electrons. The highest BCUT2D eigenvalue weighted by atomic mass is 35.5. The van der Waals surface area contributed by atoms with E-state index >= 15 is 0 Å². The zero-order valence-corrected chi connectivity index (χ0v) is 11.9. The summed E-state index contributed by atoms with van der Waals surface area (Å²) >= 11 is 12.3. The third-order valence-corrected chi connectivity index (χ3v) is 5.07. The summed E-state index contributed by atoms with van der Waals surface area (Å²) in [5.41, 5.74) is 0. The lowest BCUT2D eigenvalue weighted by molar-refractivity contribution is -0.731. The highest BCUT2D eigenvalue weighted by Crippen LogP contribution is 2.30. The molecule has 18 heavy (non-hydrogen) atoms. The summed E-state index contributed by atoms with van der Waals surface area (Å²) in [6.07, 6.45) is 7.05. The predicted octanol–water partition coefficient (Wildman–Crippen LogP) is 3.58. The molecule has 0 heterocycles. The van der Waals surface area contributed by atoms with Crippen LogP contribution in [0.4, 0.5) is 0 Å². The number of rotatable bonds is 3. The molecular weight excluding hydrogens is 275 g/mol. The molecule has 0 aromatic heterocycles. The highest BCUT2D eigenvalue weighted by Gasteiger charge is 2.40. The van der Waals surface area contributed by atoms with Crippen molar-refractivity contribution in [3.63, 3.8) is 0 Å². The molecular formula is C12H20Cl2N2O2. The van der Waals surface area contributed by atoms with Gasteiger partial charge in [-0.3, -0.25) is 0 Å². The van der Waals surface area contributed by atoms with Crippen LogP contribution >= 0.6 is 23.2 Å². The molecule has 0 spiro atoms. The fourth-order valence-corrected chi connectivity index (χ4v) is 3.68. The second-order valence-corrected chi connectivity index (χ2v) is 6.46. The molecule has 4 unspecified atom stereocenters. The van der Waals surface area contributed by atoms with Gasteiger partial charge in [-0.2, -0.15) is 5.17 Å². The van der Waals surface area contributed by atoms with Gasteiger partial charge >= 0.3 is 0 Å². The van der Waals surface area contributed by atoms with E-state index in [0.717, 1.165) is 38.5 Å². The lowest BCUT2D eigenvalue weighted by Gasteiger charge is -2.37. The van der Waals surface area contributed by atoms with E-state index in [-0.39, 0.29) is 22.8 Å². The number of hydrogen-bond donors (Lipinski definition) is 0. The van der Waals surface area contributed by atoms with E-state index in [2.05, 4.69) is 0 Å². The topological polar surface area (TPSA) is 46.4 Å². The van der Waals surface area contributed by atoms with Crippen LogP contribution in [0.1, 0.15) is 51.4 Å². The van der Waals surface area contributed by atoms with Gasteiger partial charge in [-0.15, -0.1) is 23.2 Å². The fourth-order valence-electron chi connectivity index (χ4n) is 2.92. The normalized spacial score (nSPS) is 37.3. The summed E-state index contributed by atoms with van der Waals surface area (Å²) in [5.74, 6) is 0. The SMILES string of the molecule is O=[N+](C1CCCCC1Cl)N([O-])C1CCCCC1Cl. The summed E-state index contributed by atoms with van der Waals surface area (Å²) < 4.78 is 0. The van der Waals surface area contributed by atoms with Crippen molar-refractivity contribution in [2.45, 2.75) is 74.2 Å². The van der Waals surface area contributed by atoms with Crippen molar-refractivity contribution in [2.24, 2.45) is 0 Å². The molecule has 6 heteroatoms. The molecule has 0 aliphatic heterocycles. The quantitative estimate of drug-likeness (QED) is 0.454. The molecule has 0 aromatic rings. The zero-order chi connectivity index (χ0) is 13.1. The van der Waals surface area contributed by atoms with Gasteiger partial charge in [0.2, 0.25) is 6.04 Å². The van der Waals surface area contributed by atoms with E-state index in [1.807, 2.05) is 0 Å². The monoisotopic (exact) mass is 294 g/mol. The van der Waals surface area contributed by atoms with Crippen LogP contribution in [0.5, 0.6) is 0 Å². The smallest absolute Gasteiger partial charge is 0.249 e. The van der Waals surface area contributed by atoms with Crippen molar-refractivity contribution in [3.05, 3.63) is 10.1 Å². The van der Waals surface area contributed by atoms with Gasteiger partial charge in [0.25, 0.3) is 0 Å². The molecule has 0 bridgehead atoms. The lowest BCUT2D eigenvalue weighted by Crippen LogP contribution is -2.50. The van der Waals surface area contributed by atoms with Crippen LogP contribution in [0.15, 0.2) is 0 Å². The van der Waals surface area contributed by atoms with Crippen molar-refractivity contribution < 1.29 is 4.87 Å². The van der Waals surface area contributed by atoms with Crippen LogP contribution in [0.25, 0.3) is 0 Å². The number of nitroso groups, excluding NO2 is 1. The molecule has 2 rings (SSSR count). The van der Waals surface area contributed by atoms with Gasteiger partial charge < -0.3 is 5.21 Å². The highest BCUT2D eigenvalue weighted by molar-refractivity contribution is 6.21. The van der Waals surface area contributed by atoms with Crippen LogP contribution in [0, 0.1) is 10.1 Å². The molecule has 2 saturated carbocycles. The first kappa shape index (κ1) is 14.4. The molecule has 4 atom stereocenters. The summed E-state index contributed by atoms with van der Waals surface area (Å²) in [6, 6.07) is -0.771. The van der Waals surface area contributed by atoms with Crippen LogP contribution in [-0.2, 0) is 0 Å². The third kappa shape index (κ3) is 3.09. The van der Waals surface area contributed by atoms with E-state index in [1.165, 1.54) is 0 Å². The second kappa shape index (κ2) is 6.40. The van der Waals surface area contributed by atoms with Crippen LogP contribution < -0.4 is 0 Å². The van der Waals surface area contributed by atoms with Crippen molar-refractivity contribution in [1.82, 2.24) is 5.17 Å². The molecule has 0 N–H and O–H groups in total. The van der Waals surface area contributed by atoms with Gasteiger partial charge in [0.1, 0.15) is 10.2 Å². The molecule has 0 saturated heterocycles. The van der Waals surface area contributed by atoms with Crippen molar-refractivity contribution in [3.8, 4) is 0 Å². The van der Waals surface area contributed by atoms with E-state index in [4.69, 9.17) is 23.2 Å². The maximum atomic E-state index is 12.1. The number of halogens is 2.